The summed E-state index contributed by atoms with van der Waals surface area (Å²) >= 11 is 0. The molecule has 0 aromatic rings. The second-order valence-corrected chi connectivity index (χ2v) is 5.94. The van der Waals surface area contributed by atoms with E-state index in [9.17, 15) is 0 Å². The standard InChI is InChI=1S/C14H27N/c1-11(2)9-13(15)14(10-12(3)4)7-5-6-8-14/h12-13H,1,5-10,15H2,2-4H3. The van der Waals surface area contributed by atoms with E-state index in [1.54, 1.807) is 0 Å². The van der Waals surface area contributed by atoms with Crippen molar-refractivity contribution >= 4 is 0 Å². The van der Waals surface area contributed by atoms with Gasteiger partial charge in [-0.25, -0.2) is 0 Å². The quantitative estimate of drug-likeness (QED) is 0.683. The predicted octanol–water partition coefficient (Wildman–Crippen LogP) is 3.89. The first-order valence-electron chi connectivity index (χ1n) is 6.36. The Hall–Kier alpha value is -0.300. The summed E-state index contributed by atoms with van der Waals surface area (Å²) in [5.41, 5.74) is 8.06. The first-order chi connectivity index (χ1) is 6.96. The third-order valence-corrected chi connectivity index (χ3v) is 3.77. The third-order valence-electron chi connectivity index (χ3n) is 3.77. The number of hydrogen-bond donors (Lipinski definition) is 1. The molecule has 1 saturated carbocycles. The Labute approximate surface area is 95.1 Å². The van der Waals surface area contributed by atoms with Crippen molar-refractivity contribution in [3.63, 3.8) is 0 Å². The van der Waals surface area contributed by atoms with Crippen LogP contribution < -0.4 is 5.73 Å². The van der Waals surface area contributed by atoms with E-state index >= 15 is 0 Å². The molecule has 1 aliphatic carbocycles. The molecule has 0 saturated heterocycles. The average Bonchev–Trinajstić information content (AvgIpc) is 2.51. The predicted molar refractivity (Wildman–Crippen MR) is 67.8 cm³/mol. The van der Waals surface area contributed by atoms with E-state index in [1.807, 2.05) is 0 Å². The van der Waals surface area contributed by atoms with Crippen LogP contribution in [-0.4, -0.2) is 6.04 Å². The molecule has 0 spiro atoms. The fraction of sp³-hybridized carbons (Fsp3) is 0.857. The van der Waals surface area contributed by atoms with Crippen LogP contribution in [0.25, 0.3) is 0 Å². The molecule has 0 aliphatic heterocycles. The fourth-order valence-corrected chi connectivity index (χ4v) is 3.21. The molecule has 1 atom stereocenters. The molecule has 0 radical (unpaired) electrons. The minimum atomic E-state index is 0.333. The number of hydrogen-bond acceptors (Lipinski definition) is 1. The van der Waals surface area contributed by atoms with Crippen LogP contribution in [0.5, 0.6) is 0 Å². The Balaban J connectivity index is 2.67. The summed E-state index contributed by atoms with van der Waals surface area (Å²) < 4.78 is 0. The molecular weight excluding hydrogens is 182 g/mol. The molecule has 1 heteroatoms. The van der Waals surface area contributed by atoms with Crippen LogP contribution in [0.1, 0.15) is 59.3 Å². The summed E-state index contributed by atoms with van der Waals surface area (Å²) in [6, 6.07) is 0.333. The van der Waals surface area contributed by atoms with Crippen molar-refractivity contribution < 1.29 is 0 Å². The molecule has 1 unspecified atom stereocenters. The number of rotatable bonds is 5. The molecule has 0 bridgehead atoms. The van der Waals surface area contributed by atoms with E-state index in [2.05, 4.69) is 27.4 Å². The summed E-state index contributed by atoms with van der Waals surface area (Å²) in [5, 5.41) is 0. The number of nitrogens with two attached hydrogens (primary N) is 1. The Morgan fingerprint density at radius 1 is 1.33 bits per heavy atom. The SMILES string of the molecule is C=C(C)CC(N)C1(CC(C)C)CCCC1. The van der Waals surface area contributed by atoms with Crippen molar-refractivity contribution in [3.8, 4) is 0 Å². The lowest BCUT2D eigenvalue weighted by Crippen LogP contribution is -2.41. The normalized spacial score (nSPS) is 21.9. The van der Waals surface area contributed by atoms with E-state index in [1.165, 1.54) is 37.7 Å². The van der Waals surface area contributed by atoms with Crippen LogP contribution in [0.15, 0.2) is 12.2 Å². The van der Waals surface area contributed by atoms with Gasteiger partial charge in [0.15, 0.2) is 0 Å². The van der Waals surface area contributed by atoms with E-state index in [-0.39, 0.29) is 0 Å². The molecule has 1 rings (SSSR count). The summed E-state index contributed by atoms with van der Waals surface area (Å²) in [5.74, 6) is 0.763. The molecule has 0 aromatic heterocycles. The van der Waals surface area contributed by atoms with Crippen LogP contribution in [0.4, 0.5) is 0 Å². The maximum absolute atomic E-state index is 6.40. The van der Waals surface area contributed by atoms with Crippen molar-refractivity contribution in [2.75, 3.05) is 0 Å². The van der Waals surface area contributed by atoms with Gasteiger partial charge < -0.3 is 5.73 Å². The van der Waals surface area contributed by atoms with Crippen molar-refractivity contribution in [2.45, 2.75) is 65.3 Å². The van der Waals surface area contributed by atoms with Crippen LogP contribution in [-0.2, 0) is 0 Å². The van der Waals surface area contributed by atoms with E-state index < -0.39 is 0 Å². The zero-order valence-corrected chi connectivity index (χ0v) is 10.7. The van der Waals surface area contributed by atoms with Crippen LogP contribution in [0.3, 0.4) is 0 Å². The molecule has 2 N–H and O–H groups in total. The molecule has 0 heterocycles. The summed E-state index contributed by atoms with van der Waals surface area (Å²) in [7, 11) is 0. The van der Waals surface area contributed by atoms with Gasteiger partial charge in [-0.05, 0) is 43.9 Å². The highest BCUT2D eigenvalue weighted by molar-refractivity contribution is 5.01. The van der Waals surface area contributed by atoms with Crippen molar-refractivity contribution in [3.05, 3.63) is 12.2 Å². The smallest absolute Gasteiger partial charge is 0.0133 e. The monoisotopic (exact) mass is 209 g/mol. The second kappa shape index (κ2) is 5.16. The van der Waals surface area contributed by atoms with E-state index in [4.69, 9.17) is 5.73 Å². The zero-order chi connectivity index (χ0) is 11.5. The van der Waals surface area contributed by atoms with Gasteiger partial charge in [-0.15, -0.1) is 6.58 Å². The maximum atomic E-state index is 6.40. The molecule has 88 valence electrons. The van der Waals surface area contributed by atoms with E-state index in [0.717, 1.165) is 12.3 Å². The lowest BCUT2D eigenvalue weighted by Gasteiger charge is -2.37. The molecule has 1 fully saturated rings. The largest absolute Gasteiger partial charge is 0.327 e. The topological polar surface area (TPSA) is 26.0 Å². The van der Waals surface area contributed by atoms with E-state index in [0.29, 0.717) is 11.5 Å². The highest BCUT2D eigenvalue weighted by Crippen LogP contribution is 2.46. The van der Waals surface area contributed by atoms with Crippen LogP contribution >= 0.6 is 0 Å². The van der Waals surface area contributed by atoms with Crippen molar-refractivity contribution in [2.24, 2.45) is 17.1 Å². The fourth-order valence-electron chi connectivity index (χ4n) is 3.21. The first kappa shape index (κ1) is 12.8. The average molecular weight is 209 g/mol. The van der Waals surface area contributed by atoms with Gasteiger partial charge >= 0.3 is 0 Å². The Morgan fingerprint density at radius 3 is 2.27 bits per heavy atom. The Morgan fingerprint density at radius 2 is 1.87 bits per heavy atom. The van der Waals surface area contributed by atoms with Gasteiger partial charge in [0, 0.05) is 6.04 Å². The summed E-state index contributed by atoms with van der Waals surface area (Å²) in [6.45, 7) is 10.7. The molecule has 1 nitrogen and oxygen atoms in total. The first-order valence-corrected chi connectivity index (χ1v) is 6.36. The van der Waals surface area contributed by atoms with Gasteiger partial charge in [0.25, 0.3) is 0 Å². The highest BCUT2D eigenvalue weighted by atomic mass is 14.7. The third kappa shape index (κ3) is 3.34. The van der Waals surface area contributed by atoms with Crippen LogP contribution in [0, 0.1) is 11.3 Å². The lowest BCUT2D eigenvalue weighted by molar-refractivity contribution is 0.181. The summed E-state index contributed by atoms with van der Waals surface area (Å²) in [6.07, 6.45) is 7.71. The van der Waals surface area contributed by atoms with Crippen molar-refractivity contribution in [1.29, 1.82) is 0 Å². The summed E-state index contributed by atoms with van der Waals surface area (Å²) in [4.78, 5) is 0. The van der Waals surface area contributed by atoms with Gasteiger partial charge in [-0.1, -0.05) is 32.3 Å². The second-order valence-electron chi connectivity index (χ2n) is 5.94. The van der Waals surface area contributed by atoms with Gasteiger partial charge in [-0.2, -0.15) is 0 Å². The molecular formula is C14H27N. The van der Waals surface area contributed by atoms with Gasteiger partial charge in [-0.3, -0.25) is 0 Å². The highest BCUT2D eigenvalue weighted by Gasteiger charge is 2.39. The Bertz CT molecular complexity index is 211. The Kier molecular flexibility index (Phi) is 4.39. The molecule has 0 amide bonds. The molecule has 0 aromatic carbocycles. The molecule has 15 heavy (non-hydrogen) atoms. The van der Waals surface area contributed by atoms with Crippen molar-refractivity contribution in [1.82, 2.24) is 0 Å². The van der Waals surface area contributed by atoms with Gasteiger partial charge in [0.1, 0.15) is 0 Å². The van der Waals surface area contributed by atoms with Crippen LogP contribution in [0.2, 0.25) is 0 Å². The van der Waals surface area contributed by atoms with Gasteiger partial charge in [0.2, 0.25) is 0 Å². The minimum Gasteiger partial charge on any atom is -0.327 e. The molecule has 1 aliphatic rings. The zero-order valence-electron chi connectivity index (χ0n) is 10.7. The minimum absolute atomic E-state index is 0.333. The van der Waals surface area contributed by atoms with Gasteiger partial charge in [0.05, 0.1) is 0 Å². The lowest BCUT2D eigenvalue weighted by atomic mass is 9.71. The maximum Gasteiger partial charge on any atom is 0.0133 e.